The van der Waals surface area contributed by atoms with Crippen LogP contribution in [-0.2, 0) is 9.53 Å². The van der Waals surface area contributed by atoms with Gasteiger partial charge in [-0.15, -0.1) is 0 Å². The van der Waals surface area contributed by atoms with Crippen LogP contribution in [0.4, 0.5) is 4.79 Å². The number of benzene rings is 1. The molecule has 3 rings (SSSR count). The average molecular weight is 440 g/mol. The quantitative estimate of drug-likeness (QED) is 0.329. The zero-order valence-electron chi connectivity index (χ0n) is 18.3. The monoisotopic (exact) mass is 439 g/mol. The highest BCUT2D eigenvalue weighted by atomic mass is 16.5. The van der Waals surface area contributed by atoms with E-state index in [2.05, 4.69) is 10.3 Å². The molecule has 0 aliphatic carbocycles. The molecule has 4 N–H and O–H groups in total. The van der Waals surface area contributed by atoms with Crippen molar-refractivity contribution in [2.24, 2.45) is 11.7 Å². The molecule has 1 aromatic carbocycles. The summed E-state index contributed by atoms with van der Waals surface area (Å²) in [6, 6.07) is 10.8. The third kappa shape index (κ3) is 5.75. The zero-order valence-corrected chi connectivity index (χ0v) is 18.3. The lowest BCUT2D eigenvalue weighted by molar-refractivity contribution is -0.141. The van der Waals surface area contributed by atoms with Crippen LogP contribution >= 0.6 is 0 Å². The van der Waals surface area contributed by atoms with Crippen molar-refractivity contribution in [3.8, 4) is 17.0 Å². The van der Waals surface area contributed by atoms with Crippen LogP contribution < -0.4 is 15.8 Å². The second kappa shape index (κ2) is 10.6. The summed E-state index contributed by atoms with van der Waals surface area (Å²) < 4.78 is 10.7. The average Bonchev–Trinajstić information content (AvgIpc) is 3.20. The number of nitrogens with two attached hydrogens (primary N) is 1. The summed E-state index contributed by atoms with van der Waals surface area (Å²) in [6.45, 7) is 3.23. The molecular formula is C23H29N5O4. The highest BCUT2D eigenvalue weighted by molar-refractivity contribution is 5.94. The predicted molar refractivity (Wildman–Crippen MR) is 120 cm³/mol. The lowest BCUT2D eigenvalue weighted by atomic mass is 10.0. The molecule has 2 aromatic rings. The van der Waals surface area contributed by atoms with Gasteiger partial charge in [0.15, 0.2) is 0 Å². The van der Waals surface area contributed by atoms with Gasteiger partial charge in [-0.2, -0.15) is 0 Å². The number of carbonyl (C=O) groups is 2. The van der Waals surface area contributed by atoms with E-state index in [4.69, 9.17) is 20.6 Å². The standard InChI is InChI=1S/C23H29N5O4/c1-3-26-23(30)28-13-15(11-21(29)31-2)10-18(28)14-32-19-7-4-16(5-8-19)20-9-6-17(12-27-20)22(24)25/h4-9,12,15,18H,3,10-11,13-14H2,1-2H3,(H3,24,25)(H,26,30)/t15-,18-/m0/s1. The minimum Gasteiger partial charge on any atom is -0.491 e. The van der Waals surface area contributed by atoms with E-state index < -0.39 is 0 Å². The van der Waals surface area contributed by atoms with Gasteiger partial charge in [-0.25, -0.2) is 4.79 Å². The molecule has 0 saturated carbocycles. The van der Waals surface area contributed by atoms with Crippen molar-refractivity contribution in [3.63, 3.8) is 0 Å². The first-order valence-electron chi connectivity index (χ1n) is 10.6. The van der Waals surface area contributed by atoms with Crippen molar-refractivity contribution in [2.75, 3.05) is 26.8 Å². The summed E-state index contributed by atoms with van der Waals surface area (Å²) in [7, 11) is 1.37. The number of hydrogen-bond acceptors (Lipinski definition) is 6. The van der Waals surface area contributed by atoms with Crippen LogP contribution in [-0.4, -0.2) is 60.6 Å². The molecule has 1 fully saturated rings. The number of nitrogens with zero attached hydrogens (tertiary/aromatic N) is 2. The van der Waals surface area contributed by atoms with Crippen molar-refractivity contribution in [1.82, 2.24) is 15.2 Å². The molecule has 1 aliphatic rings. The summed E-state index contributed by atoms with van der Waals surface area (Å²) in [4.78, 5) is 30.2. The zero-order chi connectivity index (χ0) is 23.1. The minimum atomic E-state index is -0.270. The molecule has 1 aliphatic heterocycles. The van der Waals surface area contributed by atoms with Gasteiger partial charge in [0.05, 0.1) is 25.3 Å². The fourth-order valence-electron chi connectivity index (χ4n) is 3.78. The maximum atomic E-state index is 12.5. The van der Waals surface area contributed by atoms with Crippen LogP contribution in [0.3, 0.4) is 0 Å². The number of urea groups is 1. The molecule has 0 unspecified atom stereocenters. The maximum absolute atomic E-state index is 12.5. The summed E-state index contributed by atoms with van der Waals surface area (Å²) in [6.07, 6.45) is 2.53. The van der Waals surface area contributed by atoms with Gasteiger partial charge >= 0.3 is 12.0 Å². The Kier molecular flexibility index (Phi) is 7.64. The van der Waals surface area contributed by atoms with Crippen LogP contribution in [0, 0.1) is 11.3 Å². The topological polar surface area (TPSA) is 131 Å². The Hall–Kier alpha value is -3.62. The summed E-state index contributed by atoms with van der Waals surface area (Å²) in [5, 5.41) is 10.3. The van der Waals surface area contributed by atoms with E-state index in [0.29, 0.717) is 37.4 Å². The number of amides is 2. The van der Waals surface area contributed by atoms with E-state index >= 15 is 0 Å². The molecule has 0 spiro atoms. The third-order valence-corrected chi connectivity index (χ3v) is 5.44. The van der Waals surface area contributed by atoms with E-state index in [1.807, 2.05) is 37.3 Å². The van der Waals surface area contributed by atoms with Crippen LogP contribution in [0.5, 0.6) is 5.75 Å². The van der Waals surface area contributed by atoms with E-state index in [-0.39, 0.29) is 36.2 Å². The molecule has 1 aromatic heterocycles. The first-order chi connectivity index (χ1) is 15.4. The molecular weight excluding hydrogens is 410 g/mol. The molecule has 32 heavy (non-hydrogen) atoms. The first-order valence-corrected chi connectivity index (χ1v) is 10.6. The smallest absolute Gasteiger partial charge is 0.317 e. The van der Waals surface area contributed by atoms with Gasteiger partial charge < -0.3 is 25.4 Å². The van der Waals surface area contributed by atoms with Crippen LogP contribution in [0.1, 0.15) is 25.3 Å². The minimum absolute atomic E-state index is 0.0183. The number of rotatable bonds is 8. The number of pyridine rings is 1. The van der Waals surface area contributed by atoms with Crippen molar-refractivity contribution >= 4 is 17.8 Å². The highest BCUT2D eigenvalue weighted by Gasteiger charge is 2.36. The van der Waals surface area contributed by atoms with Gasteiger partial charge in [-0.05, 0) is 55.7 Å². The van der Waals surface area contributed by atoms with Gasteiger partial charge in [0, 0.05) is 30.4 Å². The Bertz CT molecular complexity index is 946. The number of nitrogens with one attached hydrogen (secondary N) is 2. The normalized spacial score (nSPS) is 17.6. The van der Waals surface area contributed by atoms with Crippen molar-refractivity contribution in [1.29, 1.82) is 5.41 Å². The van der Waals surface area contributed by atoms with E-state index in [1.54, 1.807) is 17.2 Å². The SMILES string of the molecule is CCNC(=O)N1C[C@H](CC(=O)OC)C[C@H]1COc1ccc(-c2ccc(C(=N)N)cn2)cc1. The van der Waals surface area contributed by atoms with Crippen molar-refractivity contribution in [3.05, 3.63) is 48.2 Å². The van der Waals surface area contributed by atoms with Gasteiger partial charge in [0.2, 0.25) is 0 Å². The number of esters is 1. The number of amidine groups is 1. The first kappa shape index (κ1) is 23.1. The fourth-order valence-corrected chi connectivity index (χ4v) is 3.78. The number of likely N-dealkylation sites (tertiary alicyclic amines) is 1. The van der Waals surface area contributed by atoms with Crippen LogP contribution in [0.15, 0.2) is 42.6 Å². The lowest BCUT2D eigenvalue weighted by Gasteiger charge is -2.24. The highest BCUT2D eigenvalue weighted by Crippen LogP contribution is 2.28. The molecule has 1 saturated heterocycles. The number of aromatic nitrogens is 1. The predicted octanol–water partition coefficient (Wildman–Crippen LogP) is 2.39. The molecule has 0 bridgehead atoms. The van der Waals surface area contributed by atoms with Gasteiger partial charge in [0.25, 0.3) is 0 Å². The van der Waals surface area contributed by atoms with Crippen LogP contribution in [0.25, 0.3) is 11.3 Å². The fraction of sp³-hybridized carbons (Fsp3) is 0.391. The second-order valence-electron chi connectivity index (χ2n) is 7.70. The second-order valence-corrected chi connectivity index (χ2v) is 7.70. The largest absolute Gasteiger partial charge is 0.491 e. The third-order valence-electron chi connectivity index (χ3n) is 5.44. The number of ether oxygens (including phenoxy) is 2. The van der Waals surface area contributed by atoms with E-state index in [0.717, 1.165) is 11.3 Å². The van der Waals surface area contributed by atoms with Gasteiger partial charge in [-0.1, -0.05) is 0 Å². The Morgan fingerprint density at radius 3 is 2.59 bits per heavy atom. The Balaban J connectivity index is 1.62. The van der Waals surface area contributed by atoms with Crippen molar-refractivity contribution in [2.45, 2.75) is 25.8 Å². The molecule has 9 nitrogen and oxygen atoms in total. The number of nitrogen functional groups attached to an aromatic ring is 1. The molecule has 170 valence electrons. The van der Waals surface area contributed by atoms with Crippen LogP contribution in [0.2, 0.25) is 0 Å². The number of carbonyl (C=O) groups excluding carboxylic acids is 2. The maximum Gasteiger partial charge on any atom is 0.317 e. The molecule has 0 radical (unpaired) electrons. The molecule has 2 amide bonds. The lowest BCUT2D eigenvalue weighted by Crippen LogP contribution is -2.45. The Labute approximate surface area is 187 Å². The van der Waals surface area contributed by atoms with Gasteiger partial charge in [0.1, 0.15) is 18.2 Å². The Morgan fingerprint density at radius 2 is 2.00 bits per heavy atom. The van der Waals surface area contributed by atoms with Crippen molar-refractivity contribution < 1.29 is 19.1 Å². The number of methoxy groups -OCH3 is 1. The Morgan fingerprint density at radius 1 is 1.25 bits per heavy atom. The van der Waals surface area contributed by atoms with E-state index in [1.165, 1.54) is 7.11 Å². The molecule has 9 heteroatoms. The number of hydrogen-bond donors (Lipinski definition) is 3. The molecule has 2 atom stereocenters. The van der Waals surface area contributed by atoms with Gasteiger partial charge in [-0.3, -0.25) is 15.2 Å². The van der Waals surface area contributed by atoms with E-state index in [9.17, 15) is 9.59 Å². The summed E-state index contributed by atoms with van der Waals surface area (Å²) in [5.41, 5.74) is 7.72. The summed E-state index contributed by atoms with van der Waals surface area (Å²) >= 11 is 0. The molecule has 2 heterocycles. The summed E-state index contributed by atoms with van der Waals surface area (Å²) in [5.74, 6) is 0.439.